The van der Waals surface area contributed by atoms with Crippen molar-refractivity contribution in [3.8, 4) is 22.6 Å². The molecule has 1 heterocycles. The molecule has 6 heteroatoms. The highest BCUT2D eigenvalue weighted by Gasteiger charge is 2.15. The highest BCUT2D eigenvalue weighted by atomic mass is 16.3. The average Bonchev–Trinajstić information content (AvgIpc) is 2.56. The molecule has 1 aromatic heterocycles. The minimum Gasteiger partial charge on any atom is -0.507 e. The van der Waals surface area contributed by atoms with Crippen molar-refractivity contribution in [3.05, 3.63) is 57.9 Å². The van der Waals surface area contributed by atoms with Gasteiger partial charge >= 0.3 is 0 Å². The predicted molar refractivity (Wildman–Crippen MR) is 82.0 cm³/mol. The summed E-state index contributed by atoms with van der Waals surface area (Å²) in [5.41, 5.74) is 0.0659. The van der Waals surface area contributed by atoms with Gasteiger partial charge in [0.25, 0.3) is 0 Å². The van der Waals surface area contributed by atoms with Gasteiger partial charge < -0.3 is 14.6 Å². The van der Waals surface area contributed by atoms with Gasteiger partial charge in [0.15, 0.2) is 18.2 Å². The molecule has 0 unspecified atom stereocenters. The van der Waals surface area contributed by atoms with Crippen LogP contribution in [0.15, 0.2) is 45.8 Å². The van der Waals surface area contributed by atoms with Crippen LogP contribution in [-0.2, 0) is 0 Å². The molecule has 0 saturated carbocycles. The van der Waals surface area contributed by atoms with E-state index >= 15 is 0 Å². The number of carbonyl (C=O) groups is 2. The fourth-order valence-corrected chi connectivity index (χ4v) is 2.34. The van der Waals surface area contributed by atoms with Gasteiger partial charge in [-0.05, 0) is 29.8 Å². The lowest BCUT2D eigenvalue weighted by Gasteiger charge is -2.06. The third-order valence-electron chi connectivity index (χ3n) is 3.54. The summed E-state index contributed by atoms with van der Waals surface area (Å²) in [7, 11) is 0. The molecular formula is C17H10O6. The number of aldehydes is 2. The number of hydrogen-bond donors (Lipinski definition) is 2. The smallest absolute Gasteiger partial charge is 0.200 e. The van der Waals surface area contributed by atoms with Gasteiger partial charge in [-0.3, -0.25) is 14.4 Å². The number of benzene rings is 2. The van der Waals surface area contributed by atoms with Gasteiger partial charge in [-0.1, -0.05) is 6.07 Å². The molecule has 0 amide bonds. The monoisotopic (exact) mass is 310 g/mol. The molecule has 2 N–H and O–H groups in total. The lowest BCUT2D eigenvalue weighted by molar-refractivity contribution is 0.111. The van der Waals surface area contributed by atoms with Crippen LogP contribution in [0.25, 0.3) is 22.1 Å². The lowest BCUT2D eigenvalue weighted by atomic mass is 10.0. The molecule has 0 bridgehead atoms. The molecule has 3 aromatic rings. The van der Waals surface area contributed by atoms with E-state index < -0.39 is 5.43 Å². The number of fused-ring (bicyclic) bond motifs is 1. The topological polar surface area (TPSA) is 105 Å². The fourth-order valence-electron chi connectivity index (χ4n) is 2.34. The zero-order valence-electron chi connectivity index (χ0n) is 11.6. The second kappa shape index (κ2) is 5.42. The molecule has 0 spiro atoms. The van der Waals surface area contributed by atoms with Crippen molar-refractivity contribution in [2.75, 3.05) is 0 Å². The summed E-state index contributed by atoms with van der Waals surface area (Å²) >= 11 is 0. The van der Waals surface area contributed by atoms with Gasteiger partial charge in [0.1, 0.15) is 17.8 Å². The first kappa shape index (κ1) is 14.5. The summed E-state index contributed by atoms with van der Waals surface area (Å²) in [4.78, 5) is 34.5. The Morgan fingerprint density at radius 3 is 2.39 bits per heavy atom. The third-order valence-corrected chi connectivity index (χ3v) is 3.54. The predicted octanol–water partition coefficient (Wildman–Crippen LogP) is 2.50. The van der Waals surface area contributed by atoms with Crippen LogP contribution in [0.4, 0.5) is 0 Å². The van der Waals surface area contributed by atoms with Gasteiger partial charge in [0.2, 0.25) is 5.43 Å². The number of rotatable bonds is 3. The van der Waals surface area contributed by atoms with Gasteiger partial charge in [0, 0.05) is 0 Å². The number of aromatic hydroxyl groups is 2. The van der Waals surface area contributed by atoms with Crippen molar-refractivity contribution in [2.24, 2.45) is 0 Å². The third kappa shape index (κ3) is 2.26. The Morgan fingerprint density at radius 2 is 1.70 bits per heavy atom. The SMILES string of the molecule is O=Cc1cc(-c2coc3c(C=O)c(O)ccc3c2=O)ccc1O. The van der Waals surface area contributed by atoms with Crippen LogP contribution in [0.2, 0.25) is 0 Å². The van der Waals surface area contributed by atoms with Gasteiger partial charge in [0.05, 0.1) is 22.1 Å². The summed E-state index contributed by atoms with van der Waals surface area (Å²) < 4.78 is 5.34. The van der Waals surface area contributed by atoms with Crippen molar-refractivity contribution in [3.63, 3.8) is 0 Å². The molecule has 0 aliphatic rings. The van der Waals surface area contributed by atoms with E-state index in [0.717, 1.165) is 6.26 Å². The Labute approximate surface area is 129 Å². The van der Waals surface area contributed by atoms with E-state index in [4.69, 9.17) is 4.42 Å². The first-order chi connectivity index (χ1) is 11.1. The van der Waals surface area contributed by atoms with Crippen molar-refractivity contribution in [2.45, 2.75) is 0 Å². The van der Waals surface area contributed by atoms with Gasteiger partial charge in [-0.25, -0.2) is 0 Å². The summed E-state index contributed by atoms with van der Waals surface area (Å²) in [5.74, 6) is -0.474. The van der Waals surface area contributed by atoms with E-state index in [2.05, 4.69) is 0 Å². The van der Waals surface area contributed by atoms with Crippen molar-refractivity contribution < 1.29 is 24.2 Å². The highest BCUT2D eigenvalue weighted by molar-refractivity contribution is 5.98. The maximum atomic E-state index is 12.6. The van der Waals surface area contributed by atoms with E-state index in [1.165, 1.54) is 30.3 Å². The molecule has 114 valence electrons. The first-order valence-corrected chi connectivity index (χ1v) is 6.58. The molecule has 0 fully saturated rings. The summed E-state index contributed by atoms with van der Waals surface area (Å²) in [5, 5.41) is 19.3. The molecule has 2 aromatic carbocycles. The van der Waals surface area contributed by atoms with Crippen molar-refractivity contribution >= 4 is 23.5 Å². The van der Waals surface area contributed by atoms with E-state index in [-0.39, 0.29) is 39.2 Å². The Kier molecular flexibility index (Phi) is 3.42. The number of phenols is 2. The zero-order valence-corrected chi connectivity index (χ0v) is 11.6. The van der Waals surface area contributed by atoms with Crippen molar-refractivity contribution in [1.29, 1.82) is 0 Å². The Morgan fingerprint density at radius 1 is 0.957 bits per heavy atom. The normalized spacial score (nSPS) is 10.6. The number of hydrogen-bond acceptors (Lipinski definition) is 6. The maximum absolute atomic E-state index is 12.6. The lowest BCUT2D eigenvalue weighted by Crippen LogP contribution is -2.06. The Balaban J connectivity index is 2.31. The van der Waals surface area contributed by atoms with Crippen LogP contribution in [0, 0.1) is 0 Å². The molecule has 0 radical (unpaired) electrons. The van der Waals surface area contributed by atoms with E-state index in [1.54, 1.807) is 0 Å². The van der Waals surface area contributed by atoms with Gasteiger partial charge in [-0.2, -0.15) is 0 Å². The van der Waals surface area contributed by atoms with Crippen LogP contribution < -0.4 is 5.43 Å². The van der Waals surface area contributed by atoms with E-state index in [9.17, 15) is 24.6 Å². The van der Waals surface area contributed by atoms with Crippen LogP contribution in [0.5, 0.6) is 11.5 Å². The minimum atomic E-state index is -0.420. The van der Waals surface area contributed by atoms with Gasteiger partial charge in [-0.15, -0.1) is 0 Å². The Hall–Kier alpha value is -3.41. The summed E-state index contributed by atoms with van der Waals surface area (Å²) in [6.07, 6.45) is 2.04. The van der Waals surface area contributed by atoms with Crippen LogP contribution in [0.1, 0.15) is 20.7 Å². The molecule has 6 nitrogen and oxygen atoms in total. The molecule has 0 atom stereocenters. The van der Waals surface area contributed by atoms with E-state index in [1.807, 2.05) is 0 Å². The standard InChI is InChI=1S/C17H10O6/c18-6-10-5-9(1-3-14(10)20)13-8-23-17-11(16(13)22)2-4-15(21)12(17)7-19/h1-8,20-21H. The van der Waals surface area contributed by atoms with Crippen LogP contribution in [-0.4, -0.2) is 22.8 Å². The molecule has 3 rings (SSSR count). The molecular weight excluding hydrogens is 300 g/mol. The Bertz CT molecular complexity index is 1000. The first-order valence-electron chi connectivity index (χ1n) is 6.58. The van der Waals surface area contributed by atoms with Crippen molar-refractivity contribution in [1.82, 2.24) is 0 Å². The largest absolute Gasteiger partial charge is 0.507 e. The average molecular weight is 310 g/mol. The quantitative estimate of drug-likeness (QED) is 0.720. The zero-order chi connectivity index (χ0) is 16.6. The number of carbonyl (C=O) groups excluding carboxylic acids is 2. The number of phenolic OH excluding ortho intramolecular Hbond substituents is 2. The molecule has 23 heavy (non-hydrogen) atoms. The molecule has 0 aliphatic heterocycles. The maximum Gasteiger partial charge on any atom is 0.200 e. The molecule has 0 aliphatic carbocycles. The molecule has 0 saturated heterocycles. The second-order valence-corrected chi connectivity index (χ2v) is 4.86. The van der Waals surface area contributed by atoms with Crippen LogP contribution >= 0.6 is 0 Å². The summed E-state index contributed by atoms with van der Waals surface area (Å²) in [6.45, 7) is 0. The minimum absolute atomic E-state index is 0.0110. The summed E-state index contributed by atoms with van der Waals surface area (Å²) in [6, 6.07) is 6.73. The van der Waals surface area contributed by atoms with E-state index in [0.29, 0.717) is 18.1 Å². The van der Waals surface area contributed by atoms with Crippen LogP contribution in [0.3, 0.4) is 0 Å². The highest BCUT2D eigenvalue weighted by Crippen LogP contribution is 2.28. The fraction of sp³-hybridized carbons (Fsp3) is 0. The second-order valence-electron chi connectivity index (χ2n) is 4.86.